The maximum Gasteiger partial charge on any atom is 0.258 e. The molecule has 0 aliphatic heterocycles. The molecule has 0 radical (unpaired) electrons. The van der Waals surface area contributed by atoms with Gasteiger partial charge in [-0.25, -0.2) is 4.98 Å². The summed E-state index contributed by atoms with van der Waals surface area (Å²) < 4.78 is 0. The van der Waals surface area contributed by atoms with Crippen LogP contribution in [0.25, 0.3) is 10.9 Å². The van der Waals surface area contributed by atoms with Crippen LogP contribution in [0.5, 0.6) is 0 Å². The first-order valence-corrected chi connectivity index (χ1v) is 9.13. The standard InChI is InChI=1S/C19H21N3OS/c1-13(22(2)12-14-8-10-15(24-3)11-9-14)18-20-17-7-5-4-6-16(17)19(23)21-18/h4-11,13H,12H2,1-3H3,(H,20,21,23)/t13-/m1/s1. The van der Waals surface area contributed by atoms with Gasteiger partial charge in [0.1, 0.15) is 5.82 Å². The number of benzene rings is 2. The summed E-state index contributed by atoms with van der Waals surface area (Å²) in [5, 5.41) is 0.628. The Kier molecular flexibility index (Phi) is 5.02. The van der Waals surface area contributed by atoms with E-state index in [1.165, 1.54) is 10.5 Å². The van der Waals surface area contributed by atoms with Gasteiger partial charge in [-0.15, -0.1) is 11.8 Å². The van der Waals surface area contributed by atoms with Crippen LogP contribution < -0.4 is 5.56 Å². The van der Waals surface area contributed by atoms with Gasteiger partial charge in [0.05, 0.1) is 16.9 Å². The Morgan fingerprint density at radius 2 is 1.88 bits per heavy atom. The van der Waals surface area contributed by atoms with E-state index >= 15 is 0 Å². The Hall–Kier alpha value is -2.11. The Bertz CT molecular complexity index is 889. The average molecular weight is 339 g/mol. The van der Waals surface area contributed by atoms with E-state index in [2.05, 4.69) is 52.3 Å². The van der Waals surface area contributed by atoms with Gasteiger partial charge in [0, 0.05) is 11.4 Å². The van der Waals surface area contributed by atoms with E-state index in [1.807, 2.05) is 25.2 Å². The third-order valence-electron chi connectivity index (χ3n) is 4.28. The third-order valence-corrected chi connectivity index (χ3v) is 5.02. The van der Waals surface area contributed by atoms with Crippen molar-refractivity contribution >= 4 is 22.7 Å². The summed E-state index contributed by atoms with van der Waals surface area (Å²) in [6.45, 7) is 2.86. The summed E-state index contributed by atoms with van der Waals surface area (Å²) in [6, 6.07) is 16.0. The first-order chi connectivity index (χ1) is 11.6. The topological polar surface area (TPSA) is 49.0 Å². The molecule has 24 heavy (non-hydrogen) atoms. The molecule has 0 spiro atoms. The Labute approximate surface area is 145 Å². The van der Waals surface area contributed by atoms with Crippen molar-refractivity contribution in [2.75, 3.05) is 13.3 Å². The first kappa shape index (κ1) is 16.7. The van der Waals surface area contributed by atoms with Crippen molar-refractivity contribution in [1.29, 1.82) is 0 Å². The molecular formula is C19H21N3OS. The zero-order chi connectivity index (χ0) is 17.1. The van der Waals surface area contributed by atoms with Crippen molar-refractivity contribution in [3.05, 3.63) is 70.3 Å². The predicted molar refractivity (Wildman–Crippen MR) is 100 cm³/mol. The van der Waals surface area contributed by atoms with Crippen molar-refractivity contribution in [3.8, 4) is 0 Å². The summed E-state index contributed by atoms with van der Waals surface area (Å²) in [4.78, 5) is 23.2. The Morgan fingerprint density at radius 3 is 2.58 bits per heavy atom. The fourth-order valence-corrected chi connectivity index (χ4v) is 3.08. The minimum Gasteiger partial charge on any atom is -0.309 e. The number of hydrogen-bond acceptors (Lipinski definition) is 4. The Balaban J connectivity index is 1.82. The highest BCUT2D eigenvalue weighted by Gasteiger charge is 2.15. The highest BCUT2D eigenvalue weighted by Crippen LogP contribution is 2.20. The van der Waals surface area contributed by atoms with E-state index in [0.29, 0.717) is 11.2 Å². The van der Waals surface area contributed by atoms with E-state index in [0.717, 1.165) is 12.1 Å². The normalized spacial score (nSPS) is 12.7. The van der Waals surface area contributed by atoms with Gasteiger partial charge in [-0.3, -0.25) is 9.69 Å². The lowest BCUT2D eigenvalue weighted by Gasteiger charge is -2.24. The van der Waals surface area contributed by atoms with Crippen LogP contribution in [0.4, 0.5) is 0 Å². The van der Waals surface area contributed by atoms with Crippen LogP contribution in [0.1, 0.15) is 24.4 Å². The lowest BCUT2D eigenvalue weighted by Crippen LogP contribution is -2.26. The van der Waals surface area contributed by atoms with Crippen molar-refractivity contribution in [1.82, 2.24) is 14.9 Å². The number of nitrogens with one attached hydrogen (secondary N) is 1. The van der Waals surface area contributed by atoms with Crippen molar-refractivity contribution in [2.45, 2.75) is 24.4 Å². The van der Waals surface area contributed by atoms with Crippen LogP contribution in [0.2, 0.25) is 0 Å². The van der Waals surface area contributed by atoms with Gasteiger partial charge in [0.25, 0.3) is 5.56 Å². The maximum atomic E-state index is 12.2. The molecule has 1 N–H and O–H groups in total. The molecule has 0 amide bonds. The second-order valence-electron chi connectivity index (χ2n) is 5.91. The van der Waals surface area contributed by atoms with Crippen LogP contribution in [0.3, 0.4) is 0 Å². The van der Waals surface area contributed by atoms with E-state index in [9.17, 15) is 4.79 Å². The summed E-state index contributed by atoms with van der Waals surface area (Å²) in [6.07, 6.45) is 2.07. The van der Waals surface area contributed by atoms with Gasteiger partial charge < -0.3 is 4.98 Å². The maximum absolute atomic E-state index is 12.2. The SMILES string of the molecule is CSc1ccc(CN(C)[C@H](C)c2nc3ccccc3c(=O)[nH]2)cc1. The molecule has 3 rings (SSSR count). The van der Waals surface area contributed by atoms with Gasteiger partial charge in [0.15, 0.2) is 0 Å². The third kappa shape index (κ3) is 3.52. The van der Waals surface area contributed by atoms with Crippen LogP contribution in [0.15, 0.2) is 58.2 Å². The second-order valence-corrected chi connectivity index (χ2v) is 6.79. The number of aromatic amines is 1. The van der Waals surface area contributed by atoms with E-state index in [-0.39, 0.29) is 11.6 Å². The second kappa shape index (κ2) is 7.20. The number of aromatic nitrogens is 2. The van der Waals surface area contributed by atoms with E-state index < -0.39 is 0 Å². The number of rotatable bonds is 5. The molecule has 0 aliphatic carbocycles. The number of fused-ring (bicyclic) bond motifs is 1. The molecule has 1 atom stereocenters. The molecule has 0 unspecified atom stereocenters. The van der Waals surface area contributed by atoms with Crippen LogP contribution in [-0.4, -0.2) is 28.2 Å². The fraction of sp³-hybridized carbons (Fsp3) is 0.263. The van der Waals surface area contributed by atoms with Crippen LogP contribution in [0, 0.1) is 0 Å². The van der Waals surface area contributed by atoms with Gasteiger partial charge in [-0.1, -0.05) is 24.3 Å². The van der Waals surface area contributed by atoms with Crippen LogP contribution in [-0.2, 0) is 6.54 Å². The molecule has 1 aromatic heterocycles. The lowest BCUT2D eigenvalue weighted by atomic mass is 10.2. The summed E-state index contributed by atoms with van der Waals surface area (Å²) in [7, 11) is 2.04. The van der Waals surface area contributed by atoms with Crippen molar-refractivity contribution < 1.29 is 0 Å². The molecule has 0 bridgehead atoms. The quantitative estimate of drug-likeness (QED) is 0.718. The molecule has 124 valence electrons. The van der Waals surface area contributed by atoms with Crippen LogP contribution >= 0.6 is 11.8 Å². The number of nitrogens with zero attached hydrogens (tertiary/aromatic N) is 2. The molecule has 5 heteroatoms. The molecule has 4 nitrogen and oxygen atoms in total. The highest BCUT2D eigenvalue weighted by molar-refractivity contribution is 7.98. The zero-order valence-electron chi connectivity index (χ0n) is 14.1. The number of para-hydroxylation sites is 1. The molecule has 0 saturated heterocycles. The fourth-order valence-electron chi connectivity index (χ4n) is 2.67. The molecule has 0 saturated carbocycles. The van der Waals surface area contributed by atoms with E-state index in [4.69, 9.17) is 0 Å². The molecule has 2 aromatic carbocycles. The van der Waals surface area contributed by atoms with E-state index in [1.54, 1.807) is 17.8 Å². The van der Waals surface area contributed by atoms with Gasteiger partial charge >= 0.3 is 0 Å². The van der Waals surface area contributed by atoms with Crippen molar-refractivity contribution in [2.24, 2.45) is 0 Å². The largest absolute Gasteiger partial charge is 0.309 e. The highest BCUT2D eigenvalue weighted by atomic mass is 32.2. The summed E-state index contributed by atoms with van der Waals surface area (Å²) in [5.74, 6) is 0.696. The van der Waals surface area contributed by atoms with Gasteiger partial charge in [-0.05, 0) is 50.1 Å². The van der Waals surface area contributed by atoms with Gasteiger partial charge in [0.2, 0.25) is 0 Å². The molecule has 1 heterocycles. The molecule has 3 aromatic rings. The van der Waals surface area contributed by atoms with Gasteiger partial charge in [-0.2, -0.15) is 0 Å². The molecular weight excluding hydrogens is 318 g/mol. The lowest BCUT2D eigenvalue weighted by molar-refractivity contribution is 0.244. The molecule has 0 fully saturated rings. The smallest absolute Gasteiger partial charge is 0.258 e. The minimum absolute atomic E-state index is 0.0162. The summed E-state index contributed by atoms with van der Waals surface area (Å²) in [5.41, 5.74) is 1.89. The summed E-state index contributed by atoms with van der Waals surface area (Å²) >= 11 is 1.74. The average Bonchev–Trinajstić information content (AvgIpc) is 2.61. The number of hydrogen-bond donors (Lipinski definition) is 1. The molecule has 0 aliphatic rings. The Morgan fingerprint density at radius 1 is 1.17 bits per heavy atom. The minimum atomic E-state index is -0.0832. The zero-order valence-corrected chi connectivity index (χ0v) is 14.9. The number of H-pyrrole nitrogens is 1. The monoisotopic (exact) mass is 339 g/mol. The predicted octanol–water partition coefficient (Wildman–Crippen LogP) is 3.84. The first-order valence-electron chi connectivity index (χ1n) is 7.90. The van der Waals surface area contributed by atoms with Crippen molar-refractivity contribution in [3.63, 3.8) is 0 Å². The number of thioether (sulfide) groups is 1.